The van der Waals surface area contributed by atoms with Gasteiger partial charge in [-0.1, -0.05) is 6.58 Å². The van der Waals surface area contributed by atoms with Crippen LogP contribution in [0.2, 0.25) is 0 Å². The maximum Gasteiger partial charge on any atom is 0.258 e. The lowest BCUT2D eigenvalue weighted by Gasteiger charge is -2.07. The Hall–Kier alpha value is -1.61. The van der Waals surface area contributed by atoms with E-state index >= 15 is 0 Å². The molecule has 0 N–H and O–H groups in total. The normalized spacial score (nSPS) is 15.1. The number of thiophene rings is 1. The minimum atomic E-state index is 0.0466. The van der Waals surface area contributed by atoms with Crippen LogP contribution in [-0.4, -0.2) is 17.9 Å². The monoisotopic (exact) mass is 215 g/mol. The standard InChI is InChI=1S/C12H9NOS/c1-7-9-5-8-3-4-15-11(8)6-10(9)12(14)13(7)2/h3-6H,1H2,2H3. The maximum absolute atomic E-state index is 11.8. The number of nitrogens with zero attached hydrogens (tertiary/aromatic N) is 1. The fraction of sp³-hybridized carbons (Fsp3) is 0.0833. The zero-order valence-corrected chi connectivity index (χ0v) is 9.10. The summed E-state index contributed by atoms with van der Waals surface area (Å²) in [5, 5.41) is 3.22. The van der Waals surface area contributed by atoms with E-state index in [1.807, 2.05) is 17.5 Å². The van der Waals surface area contributed by atoms with Gasteiger partial charge in [-0.25, -0.2) is 0 Å². The summed E-state index contributed by atoms with van der Waals surface area (Å²) in [4.78, 5) is 13.4. The molecule has 2 aromatic rings. The van der Waals surface area contributed by atoms with Crippen LogP contribution < -0.4 is 0 Å². The molecular weight excluding hydrogens is 206 g/mol. The van der Waals surface area contributed by atoms with Gasteiger partial charge in [-0.05, 0) is 29.0 Å². The number of hydrogen-bond acceptors (Lipinski definition) is 2. The molecule has 0 radical (unpaired) electrons. The summed E-state index contributed by atoms with van der Waals surface area (Å²) >= 11 is 1.66. The number of carbonyl (C=O) groups excluding carboxylic acids is 1. The molecule has 0 saturated carbocycles. The summed E-state index contributed by atoms with van der Waals surface area (Å²) in [6.45, 7) is 3.93. The van der Waals surface area contributed by atoms with Gasteiger partial charge < -0.3 is 4.90 Å². The largest absolute Gasteiger partial charge is 0.311 e. The van der Waals surface area contributed by atoms with Crippen molar-refractivity contribution in [2.24, 2.45) is 0 Å². The fourth-order valence-corrected chi connectivity index (χ4v) is 2.72. The highest BCUT2D eigenvalue weighted by Gasteiger charge is 2.28. The van der Waals surface area contributed by atoms with E-state index in [-0.39, 0.29) is 5.91 Å². The van der Waals surface area contributed by atoms with Gasteiger partial charge in [-0.2, -0.15) is 0 Å². The highest BCUT2D eigenvalue weighted by molar-refractivity contribution is 7.17. The van der Waals surface area contributed by atoms with Gasteiger partial charge in [0.25, 0.3) is 5.91 Å². The average molecular weight is 215 g/mol. The second kappa shape index (κ2) is 2.70. The molecular formula is C12H9NOS. The lowest BCUT2D eigenvalue weighted by atomic mass is 10.1. The predicted octanol–water partition coefficient (Wildman–Crippen LogP) is 2.96. The molecule has 15 heavy (non-hydrogen) atoms. The van der Waals surface area contributed by atoms with Gasteiger partial charge in [0.15, 0.2) is 0 Å². The van der Waals surface area contributed by atoms with E-state index in [0.717, 1.165) is 21.5 Å². The average Bonchev–Trinajstić information content (AvgIpc) is 2.77. The molecule has 1 aliphatic rings. The molecule has 0 bridgehead atoms. The summed E-state index contributed by atoms with van der Waals surface area (Å²) in [5.41, 5.74) is 2.54. The quantitative estimate of drug-likeness (QED) is 0.661. The molecule has 1 aromatic heterocycles. The molecule has 1 amide bonds. The smallest absolute Gasteiger partial charge is 0.258 e. The number of hydrogen-bond donors (Lipinski definition) is 0. The molecule has 0 saturated heterocycles. The first-order valence-electron chi connectivity index (χ1n) is 4.67. The number of carbonyl (C=O) groups is 1. The summed E-state index contributed by atoms with van der Waals surface area (Å²) in [7, 11) is 1.76. The van der Waals surface area contributed by atoms with Gasteiger partial charge in [0.1, 0.15) is 0 Å². The summed E-state index contributed by atoms with van der Waals surface area (Å²) < 4.78 is 1.16. The molecule has 0 aliphatic carbocycles. The van der Waals surface area contributed by atoms with Crippen molar-refractivity contribution in [1.82, 2.24) is 4.90 Å². The van der Waals surface area contributed by atoms with Crippen molar-refractivity contribution in [2.45, 2.75) is 0 Å². The van der Waals surface area contributed by atoms with Crippen LogP contribution in [0.15, 0.2) is 30.2 Å². The zero-order chi connectivity index (χ0) is 10.6. The van der Waals surface area contributed by atoms with Crippen LogP contribution in [0.4, 0.5) is 0 Å². The first-order chi connectivity index (χ1) is 7.18. The van der Waals surface area contributed by atoms with Crippen molar-refractivity contribution < 1.29 is 4.79 Å². The lowest BCUT2D eigenvalue weighted by molar-refractivity contribution is 0.0875. The first kappa shape index (κ1) is 8.68. The van der Waals surface area contributed by atoms with Crippen LogP contribution in [0.1, 0.15) is 15.9 Å². The minimum absolute atomic E-state index is 0.0466. The molecule has 1 aromatic carbocycles. The van der Waals surface area contributed by atoms with Crippen molar-refractivity contribution in [3.63, 3.8) is 0 Å². The Labute approximate surface area is 91.4 Å². The number of amides is 1. The molecule has 0 atom stereocenters. The molecule has 3 heteroatoms. The van der Waals surface area contributed by atoms with E-state index < -0.39 is 0 Å². The molecule has 74 valence electrons. The van der Waals surface area contributed by atoms with Crippen molar-refractivity contribution in [3.8, 4) is 0 Å². The molecule has 1 aliphatic heterocycles. The Bertz CT molecular complexity index is 547. The van der Waals surface area contributed by atoms with Gasteiger partial charge in [0.05, 0.1) is 5.56 Å². The van der Waals surface area contributed by atoms with E-state index in [9.17, 15) is 4.79 Å². The Morgan fingerprint density at radius 3 is 2.93 bits per heavy atom. The van der Waals surface area contributed by atoms with E-state index in [1.165, 1.54) is 5.39 Å². The molecule has 2 nitrogen and oxygen atoms in total. The maximum atomic E-state index is 11.8. The van der Waals surface area contributed by atoms with Crippen LogP contribution in [0.3, 0.4) is 0 Å². The Balaban J connectivity index is 2.39. The Morgan fingerprint density at radius 2 is 2.13 bits per heavy atom. The van der Waals surface area contributed by atoms with Crippen LogP contribution in [0, 0.1) is 0 Å². The molecule has 3 rings (SSSR count). The molecule has 0 fully saturated rings. The van der Waals surface area contributed by atoms with E-state index in [4.69, 9.17) is 0 Å². The molecule has 2 heterocycles. The second-order valence-electron chi connectivity index (χ2n) is 3.67. The second-order valence-corrected chi connectivity index (χ2v) is 4.61. The summed E-state index contributed by atoms with van der Waals surface area (Å²) in [5.74, 6) is 0.0466. The fourth-order valence-electron chi connectivity index (χ4n) is 1.91. The SMILES string of the molecule is C=C1c2cc3ccsc3cc2C(=O)N1C. The predicted molar refractivity (Wildman–Crippen MR) is 63.0 cm³/mol. The van der Waals surface area contributed by atoms with Crippen molar-refractivity contribution in [3.05, 3.63) is 41.3 Å². The van der Waals surface area contributed by atoms with Crippen molar-refractivity contribution >= 4 is 33.0 Å². The third kappa shape index (κ3) is 1.01. The van der Waals surface area contributed by atoms with Crippen LogP contribution in [-0.2, 0) is 0 Å². The number of rotatable bonds is 0. The number of fused-ring (bicyclic) bond motifs is 2. The van der Waals surface area contributed by atoms with Crippen molar-refractivity contribution in [1.29, 1.82) is 0 Å². The van der Waals surface area contributed by atoms with Gasteiger partial charge in [-0.3, -0.25) is 4.79 Å². The van der Waals surface area contributed by atoms with Gasteiger partial charge in [0, 0.05) is 23.0 Å². The minimum Gasteiger partial charge on any atom is -0.311 e. The van der Waals surface area contributed by atoms with Gasteiger partial charge in [0.2, 0.25) is 0 Å². The summed E-state index contributed by atoms with van der Waals surface area (Å²) in [6, 6.07) is 6.08. The van der Waals surface area contributed by atoms with Gasteiger partial charge >= 0.3 is 0 Å². The zero-order valence-electron chi connectivity index (χ0n) is 8.28. The van der Waals surface area contributed by atoms with Gasteiger partial charge in [-0.15, -0.1) is 11.3 Å². The number of benzene rings is 1. The van der Waals surface area contributed by atoms with E-state index in [2.05, 4.69) is 12.6 Å². The van der Waals surface area contributed by atoms with E-state index in [1.54, 1.807) is 23.3 Å². The lowest BCUT2D eigenvalue weighted by Crippen LogP contribution is -2.16. The summed E-state index contributed by atoms with van der Waals surface area (Å²) in [6.07, 6.45) is 0. The molecule has 0 spiro atoms. The van der Waals surface area contributed by atoms with Crippen LogP contribution in [0.25, 0.3) is 15.8 Å². The van der Waals surface area contributed by atoms with Crippen molar-refractivity contribution in [2.75, 3.05) is 7.05 Å². The van der Waals surface area contributed by atoms with E-state index in [0.29, 0.717) is 0 Å². The third-order valence-electron chi connectivity index (χ3n) is 2.84. The highest BCUT2D eigenvalue weighted by Crippen LogP contribution is 2.34. The van der Waals surface area contributed by atoms with Crippen LogP contribution >= 0.6 is 11.3 Å². The first-order valence-corrected chi connectivity index (χ1v) is 5.55. The molecule has 0 unspecified atom stereocenters. The third-order valence-corrected chi connectivity index (χ3v) is 3.72. The van der Waals surface area contributed by atoms with Crippen LogP contribution in [0.5, 0.6) is 0 Å². The highest BCUT2D eigenvalue weighted by atomic mass is 32.1. The Morgan fingerprint density at radius 1 is 1.33 bits per heavy atom. The Kier molecular flexibility index (Phi) is 1.56. The topological polar surface area (TPSA) is 20.3 Å².